The number of carbonyl (C=O) groups is 2. The standard InChI is InChI=1S/2C24H31F2N3O2/c2*1-4-16-5-6-23-20(11-16)21(7-8-29(23)3)27-14-24(31)22(28-15(2)30)12-17-9-18(25)13-19(26)10-17/h2*5-6,9-11,13,21-22,24,27,31H,4,7-8,12,14H2,1-3H3,(H,28,30)/t2*21?,22-,24+/m00/s1. The Morgan fingerprint density at radius 2 is 0.952 bits per heavy atom. The molecule has 0 radical (unpaired) electrons. The van der Waals surface area contributed by atoms with E-state index in [1.165, 1.54) is 71.7 Å². The second-order valence-corrected chi connectivity index (χ2v) is 16.5. The quantitative estimate of drug-likeness (QED) is 0.0735. The first kappa shape index (κ1) is 48.0. The number of fused-ring (bicyclic) bond motifs is 2. The van der Waals surface area contributed by atoms with Crippen molar-refractivity contribution in [2.75, 3.05) is 50.1 Å². The maximum atomic E-state index is 13.6. The van der Waals surface area contributed by atoms with Crippen molar-refractivity contribution >= 4 is 23.2 Å². The molecule has 4 aromatic carbocycles. The number of anilines is 2. The Morgan fingerprint density at radius 1 is 0.597 bits per heavy atom. The fourth-order valence-electron chi connectivity index (χ4n) is 8.39. The lowest BCUT2D eigenvalue weighted by Crippen LogP contribution is -2.49. The van der Waals surface area contributed by atoms with Gasteiger partial charge < -0.3 is 41.3 Å². The van der Waals surface area contributed by atoms with Crippen LogP contribution in [0.1, 0.15) is 86.0 Å². The first-order valence-corrected chi connectivity index (χ1v) is 21.5. The van der Waals surface area contributed by atoms with E-state index in [1.54, 1.807) is 0 Å². The van der Waals surface area contributed by atoms with Gasteiger partial charge in [0.05, 0.1) is 24.3 Å². The zero-order valence-corrected chi connectivity index (χ0v) is 36.6. The Balaban J connectivity index is 0.000000234. The number of hydrogen-bond donors (Lipinski definition) is 6. The molecule has 10 nitrogen and oxygen atoms in total. The third-order valence-corrected chi connectivity index (χ3v) is 11.7. The van der Waals surface area contributed by atoms with E-state index in [0.717, 1.165) is 50.9 Å². The summed E-state index contributed by atoms with van der Waals surface area (Å²) in [6, 6.07) is 18.3. The average Bonchev–Trinajstić information content (AvgIpc) is 3.21. The number of amides is 2. The molecule has 0 aliphatic carbocycles. The van der Waals surface area contributed by atoms with E-state index in [-0.39, 0.29) is 49.8 Å². The van der Waals surface area contributed by atoms with E-state index in [0.29, 0.717) is 11.1 Å². The van der Waals surface area contributed by atoms with Crippen molar-refractivity contribution in [1.29, 1.82) is 0 Å². The summed E-state index contributed by atoms with van der Waals surface area (Å²) in [6.07, 6.45) is 2.08. The number of aliphatic hydroxyl groups is 2. The van der Waals surface area contributed by atoms with Crippen LogP contribution in [0.5, 0.6) is 0 Å². The van der Waals surface area contributed by atoms with Gasteiger partial charge in [-0.1, -0.05) is 38.1 Å². The molecular formula is C48H62F4N6O4. The zero-order chi connectivity index (χ0) is 45.1. The van der Waals surface area contributed by atoms with Crippen LogP contribution in [0.2, 0.25) is 0 Å². The van der Waals surface area contributed by atoms with Gasteiger partial charge in [-0.2, -0.15) is 0 Å². The van der Waals surface area contributed by atoms with Crippen LogP contribution in [0, 0.1) is 23.3 Å². The molecule has 2 amide bonds. The highest BCUT2D eigenvalue weighted by Crippen LogP contribution is 2.35. The summed E-state index contributed by atoms with van der Waals surface area (Å²) in [6.45, 7) is 9.23. The number of aliphatic hydroxyl groups excluding tert-OH is 2. The molecule has 336 valence electrons. The number of benzene rings is 4. The highest BCUT2D eigenvalue weighted by Gasteiger charge is 2.28. The summed E-state index contributed by atoms with van der Waals surface area (Å²) in [5.41, 5.74) is 8.01. The Labute approximate surface area is 363 Å². The molecule has 2 aliphatic heterocycles. The van der Waals surface area contributed by atoms with E-state index < -0.39 is 47.6 Å². The maximum absolute atomic E-state index is 13.6. The fraction of sp³-hybridized carbons (Fsp3) is 0.458. The molecule has 6 rings (SSSR count). The van der Waals surface area contributed by atoms with Crippen LogP contribution in [-0.2, 0) is 35.3 Å². The first-order chi connectivity index (χ1) is 29.5. The lowest BCUT2D eigenvalue weighted by atomic mass is 9.93. The Morgan fingerprint density at radius 3 is 1.27 bits per heavy atom. The van der Waals surface area contributed by atoms with Gasteiger partial charge in [-0.05, 0) is 108 Å². The molecule has 0 spiro atoms. The van der Waals surface area contributed by atoms with Gasteiger partial charge in [0.1, 0.15) is 23.3 Å². The maximum Gasteiger partial charge on any atom is 0.217 e. The van der Waals surface area contributed by atoms with Crippen molar-refractivity contribution in [3.8, 4) is 0 Å². The van der Waals surface area contributed by atoms with Crippen molar-refractivity contribution in [1.82, 2.24) is 21.3 Å². The second kappa shape index (κ2) is 22.4. The topological polar surface area (TPSA) is 129 Å². The molecule has 2 unspecified atom stereocenters. The smallest absolute Gasteiger partial charge is 0.217 e. The monoisotopic (exact) mass is 862 g/mol. The third-order valence-electron chi connectivity index (χ3n) is 11.7. The minimum Gasteiger partial charge on any atom is -0.390 e. The van der Waals surface area contributed by atoms with Gasteiger partial charge in [-0.15, -0.1) is 0 Å². The van der Waals surface area contributed by atoms with Crippen LogP contribution in [0.4, 0.5) is 28.9 Å². The molecule has 2 aliphatic rings. The molecule has 2 heterocycles. The van der Waals surface area contributed by atoms with Crippen molar-refractivity contribution in [2.45, 2.75) is 103 Å². The molecule has 6 N–H and O–H groups in total. The minimum atomic E-state index is -0.923. The van der Waals surface area contributed by atoms with Crippen LogP contribution < -0.4 is 31.1 Å². The van der Waals surface area contributed by atoms with E-state index in [1.807, 2.05) is 0 Å². The molecule has 4 aromatic rings. The highest BCUT2D eigenvalue weighted by molar-refractivity contribution is 5.73. The molecule has 6 atom stereocenters. The Bertz CT molecular complexity index is 1950. The third kappa shape index (κ3) is 13.5. The Hall–Kier alpha value is -5.02. The van der Waals surface area contributed by atoms with Gasteiger partial charge in [0.2, 0.25) is 11.8 Å². The number of nitrogens with one attached hydrogen (secondary N) is 4. The summed E-state index contributed by atoms with van der Waals surface area (Å²) in [5, 5.41) is 33.9. The summed E-state index contributed by atoms with van der Waals surface area (Å²) in [4.78, 5) is 27.8. The van der Waals surface area contributed by atoms with Crippen molar-refractivity contribution < 1.29 is 37.4 Å². The number of aryl methyl sites for hydroxylation is 2. The highest BCUT2D eigenvalue weighted by atomic mass is 19.1. The predicted molar refractivity (Wildman–Crippen MR) is 236 cm³/mol. The van der Waals surface area contributed by atoms with Crippen LogP contribution in [0.15, 0.2) is 72.8 Å². The predicted octanol–water partition coefficient (Wildman–Crippen LogP) is 6.21. The molecular weight excluding hydrogens is 801 g/mol. The molecule has 62 heavy (non-hydrogen) atoms. The molecule has 0 aromatic heterocycles. The van der Waals surface area contributed by atoms with Crippen LogP contribution in [0.25, 0.3) is 0 Å². The van der Waals surface area contributed by atoms with Gasteiger partial charge in [-0.3, -0.25) is 9.59 Å². The van der Waals surface area contributed by atoms with Crippen LogP contribution in [0.3, 0.4) is 0 Å². The zero-order valence-electron chi connectivity index (χ0n) is 36.6. The van der Waals surface area contributed by atoms with Crippen LogP contribution in [-0.4, -0.2) is 86.6 Å². The summed E-state index contributed by atoms with van der Waals surface area (Å²) < 4.78 is 54.2. The van der Waals surface area contributed by atoms with E-state index in [9.17, 15) is 37.4 Å². The molecule has 14 heteroatoms. The van der Waals surface area contributed by atoms with Crippen molar-refractivity contribution in [3.05, 3.63) is 129 Å². The number of halogens is 4. The second-order valence-electron chi connectivity index (χ2n) is 16.5. The van der Waals surface area contributed by atoms with Crippen LogP contribution >= 0.6 is 0 Å². The van der Waals surface area contributed by atoms with Gasteiger partial charge in [0, 0.05) is 89.7 Å². The summed E-state index contributed by atoms with van der Waals surface area (Å²) >= 11 is 0. The van der Waals surface area contributed by atoms with Gasteiger partial charge >= 0.3 is 0 Å². The van der Waals surface area contributed by atoms with Gasteiger partial charge in [0.25, 0.3) is 0 Å². The summed E-state index contributed by atoms with van der Waals surface area (Å²) in [5.74, 6) is -3.34. The molecule has 0 bridgehead atoms. The van der Waals surface area contributed by atoms with Gasteiger partial charge in [-0.25, -0.2) is 17.6 Å². The number of carbonyl (C=O) groups excluding carboxylic acids is 2. The van der Waals surface area contributed by atoms with E-state index in [2.05, 4.69) is 95.4 Å². The lowest BCUT2D eigenvalue weighted by molar-refractivity contribution is -0.121. The number of hydrogen-bond acceptors (Lipinski definition) is 8. The number of nitrogens with zero attached hydrogens (tertiary/aromatic N) is 2. The largest absolute Gasteiger partial charge is 0.390 e. The molecule has 0 saturated heterocycles. The SMILES string of the molecule is CCc1ccc2c(c1)C(NC[C@@H](O)[C@H](Cc1cc(F)cc(F)c1)NC(C)=O)CCN2C.CCc1ccc2c(c1)C(NC[C@@H](O)[C@H](Cc1cc(F)cc(F)c1)NC(C)=O)CCN2C. The first-order valence-electron chi connectivity index (χ1n) is 21.5. The minimum absolute atomic E-state index is 0.0805. The average molecular weight is 863 g/mol. The van der Waals surface area contributed by atoms with Crippen molar-refractivity contribution in [2.24, 2.45) is 0 Å². The van der Waals surface area contributed by atoms with E-state index >= 15 is 0 Å². The fourth-order valence-corrected chi connectivity index (χ4v) is 8.39. The summed E-state index contributed by atoms with van der Waals surface area (Å²) in [7, 11) is 4.14. The number of rotatable bonds is 16. The van der Waals surface area contributed by atoms with Crippen molar-refractivity contribution in [3.63, 3.8) is 0 Å². The lowest BCUT2D eigenvalue weighted by Gasteiger charge is -2.35. The molecule has 0 saturated carbocycles. The Kier molecular flexibility index (Phi) is 17.3. The van der Waals surface area contributed by atoms with Gasteiger partial charge in [0.15, 0.2) is 0 Å². The normalized spacial score (nSPS) is 17.7. The van der Waals surface area contributed by atoms with E-state index in [4.69, 9.17) is 0 Å². The molecule has 0 fully saturated rings.